The van der Waals surface area contributed by atoms with Crippen molar-refractivity contribution in [3.8, 4) is 0 Å². The van der Waals surface area contributed by atoms with E-state index in [1.54, 1.807) is 14.2 Å². The van der Waals surface area contributed by atoms with Gasteiger partial charge in [0, 0.05) is 33.2 Å². The highest BCUT2D eigenvalue weighted by atomic mass is 16.5. The van der Waals surface area contributed by atoms with Gasteiger partial charge in [-0.3, -0.25) is 14.9 Å². The summed E-state index contributed by atoms with van der Waals surface area (Å²) >= 11 is 0. The summed E-state index contributed by atoms with van der Waals surface area (Å²) < 4.78 is 10.9. The molecule has 3 heterocycles. The molecule has 0 amide bonds. The lowest BCUT2D eigenvalue weighted by molar-refractivity contribution is 0.0668. The molecule has 5 heteroatoms. The van der Waals surface area contributed by atoms with Crippen molar-refractivity contribution in [2.75, 3.05) is 14.2 Å². The second-order valence-electron chi connectivity index (χ2n) is 9.02. The molecule has 0 saturated carbocycles. The first-order chi connectivity index (χ1) is 16.1. The minimum absolute atomic E-state index is 0.250. The Bertz CT molecular complexity index is 1020. The number of ether oxygens (including phenoxy) is 2. The van der Waals surface area contributed by atoms with Crippen LogP contribution in [0.1, 0.15) is 70.6 Å². The SMILES string of the molecule is COCc1ccc(CN2[C@@H](c3ncccc3C)CCC[C@H]2c2ncccc2C)c(COC)c1. The fourth-order valence-corrected chi connectivity index (χ4v) is 5.13. The zero-order valence-electron chi connectivity index (χ0n) is 20.3. The summed E-state index contributed by atoms with van der Waals surface area (Å²) in [5.74, 6) is 0. The Hall–Kier alpha value is -2.60. The molecule has 3 aromatic rings. The van der Waals surface area contributed by atoms with E-state index >= 15 is 0 Å². The van der Waals surface area contributed by atoms with Gasteiger partial charge in [0.2, 0.25) is 0 Å². The Morgan fingerprint density at radius 2 is 1.42 bits per heavy atom. The number of methoxy groups -OCH3 is 2. The van der Waals surface area contributed by atoms with Gasteiger partial charge in [-0.1, -0.05) is 30.3 Å². The molecule has 2 aromatic heterocycles. The topological polar surface area (TPSA) is 47.5 Å². The molecule has 0 unspecified atom stereocenters. The monoisotopic (exact) mass is 445 g/mol. The third-order valence-corrected chi connectivity index (χ3v) is 6.72. The summed E-state index contributed by atoms with van der Waals surface area (Å²) in [5.41, 5.74) is 8.53. The minimum atomic E-state index is 0.250. The molecule has 0 spiro atoms. The number of nitrogens with zero attached hydrogens (tertiary/aromatic N) is 3. The largest absolute Gasteiger partial charge is 0.380 e. The number of pyridine rings is 2. The molecule has 4 rings (SSSR count). The van der Waals surface area contributed by atoms with Crippen LogP contribution in [0.3, 0.4) is 0 Å². The standard InChI is InChI=1S/C28H35N3O2/c1-20-8-6-14-29-27(20)25-10-5-11-26(28-21(2)9-7-15-30-28)31(25)17-23-13-12-22(18-32-3)16-24(23)19-33-4/h6-9,12-16,25-26H,5,10-11,17-19H2,1-4H3/t25-,26+. The molecule has 0 radical (unpaired) electrons. The van der Waals surface area contributed by atoms with Crippen molar-refractivity contribution in [2.45, 2.75) is 65.0 Å². The average Bonchev–Trinajstić information content (AvgIpc) is 2.82. The number of aryl methyl sites for hydroxylation is 2. The van der Waals surface area contributed by atoms with Crippen LogP contribution in [0.4, 0.5) is 0 Å². The summed E-state index contributed by atoms with van der Waals surface area (Å²) in [5, 5.41) is 0. The first kappa shape index (κ1) is 23.6. The van der Waals surface area contributed by atoms with Crippen molar-refractivity contribution >= 4 is 0 Å². The highest BCUT2D eigenvalue weighted by Gasteiger charge is 2.35. The van der Waals surface area contributed by atoms with Crippen LogP contribution in [-0.2, 0) is 29.2 Å². The molecule has 1 aliphatic rings. The van der Waals surface area contributed by atoms with E-state index in [4.69, 9.17) is 19.4 Å². The third kappa shape index (κ3) is 5.32. The molecular weight excluding hydrogens is 410 g/mol. The van der Waals surface area contributed by atoms with E-state index in [1.807, 2.05) is 24.5 Å². The van der Waals surface area contributed by atoms with E-state index in [-0.39, 0.29) is 12.1 Å². The normalized spacial score (nSPS) is 19.0. The fourth-order valence-electron chi connectivity index (χ4n) is 5.13. The van der Waals surface area contributed by atoms with Crippen LogP contribution in [0.5, 0.6) is 0 Å². The Balaban J connectivity index is 1.76. The summed E-state index contributed by atoms with van der Waals surface area (Å²) in [6, 6.07) is 15.5. The number of piperidine rings is 1. The van der Waals surface area contributed by atoms with Crippen LogP contribution in [-0.4, -0.2) is 29.1 Å². The van der Waals surface area contributed by atoms with Crippen LogP contribution >= 0.6 is 0 Å². The van der Waals surface area contributed by atoms with Crippen molar-refractivity contribution in [3.63, 3.8) is 0 Å². The maximum absolute atomic E-state index is 5.57. The fraction of sp³-hybridized carbons (Fsp3) is 0.429. The molecule has 1 aliphatic heterocycles. The lowest BCUT2D eigenvalue weighted by Gasteiger charge is -2.43. The second kappa shape index (κ2) is 11.0. The molecule has 5 nitrogen and oxygen atoms in total. The third-order valence-electron chi connectivity index (χ3n) is 6.72. The first-order valence-electron chi connectivity index (χ1n) is 11.8. The molecular formula is C28H35N3O2. The molecule has 174 valence electrons. The maximum Gasteiger partial charge on any atom is 0.0716 e. The molecule has 0 bridgehead atoms. The van der Waals surface area contributed by atoms with Gasteiger partial charge in [0.05, 0.1) is 36.7 Å². The van der Waals surface area contributed by atoms with Crippen molar-refractivity contribution in [3.05, 3.63) is 94.1 Å². The number of hydrogen-bond acceptors (Lipinski definition) is 5. The molecule has 0 N–H and O–H groups in total. The van der Waals surface area contributed by atoms with Crippen LogP contribution in [0, 0.1) is 13.8 Å². The number of likely N-dealkylation sites (tertiary alicyclic amines) is 1. The van der Waals surface area contributed by atoms with Crippen LogP contribution in [0.2, 0.25) is 0 Å². The molecule has 2 atom stereocenters. The van der Waals surface area contributed by atoms with Gasteiger partial charge in [0.1, 0.15) is 0 Å². The lowest BCUT2D eigenvalue weighted by atomic mass is 9.88. The molecule has 1 fully saturated rings. The number of rotatable bonds is 8. The van der Waals surface area contributed by atoms with E-state index < -0.39 is 0 Å². The zero-order valence-corrected chi connectivity index (χ0v) is 20.3. The van der Waals surface area contributed by atoms with Gasteiger partial charge in [0.25, 0.3) is 0 Å². The number of hydrogen-bond donors (Lipinski definition) is 0. The van der Waals surface area contributed by atoms with Crippen molar-refractivity contribution in [2.24, 2.45) is 0 Å². The van der Waals surface area contributed by atoms with Crippen LogP contribution in [0.25, 0.3) is 0 Å². The minimum Gasteiger partial charge on any atom is -0.380 e. The van der Waals surface area contributed by atoms with Gasteiger partial charge in [-0.05, 0) is 73.1 Å². The highest BCUT2D eigenvalue weighted by molar-refractivity contribution is 5.33. The van der Waals surface area contributed by atoms with E-state index in [0.717, 1.165) is 25.8 Å². The second-order valence-corrected chi connectivity index (χ2v) is 9.02. The van der Waals surface area contributed by atoms with Crippen molar-refractivity contribution < 1.29 is 9.47 Å². The number of benzene rings is 1. The smallest absolute Gasteiger partial charge is 0.0716 e. The average molecular weight is 446 g/mol. The van der Waals surface area contributed by atoms with E-state index in [2.05, 4.69) is 49.1 Å². The summed E-state index contributed by atoms with van der Waals surface area (Å²) in [4.78, 5) is 12.3. The Morgan fingerprint density at radius 1 is 0.818 bits per heavy atom. The van der Waals surface area contributed by atoms with Gasteiger partial charge >= 0.3 is 0 Å². The predicted octanol–water partition coefficient (Wildman–Crippen LogP) is 5.85. The molecule has 33 heavy (non-hydrogen) atoms. The number of aromatic nitrogens is 2. The molecule has 0 aliphatic carbocycles. The Morgan fingerprint density at radius 3 is 1.97 bits per heavy atom. The summed E-state index contributed by atoms with van der Waals surface area (Å²) in [6.45, 7) is 6.36. The molecule has 1 aromatic carbocycles. The Labute approximate surface area is 197 Å². The predicted molar refractivity (Wildman–Crippen MR) is 131 cm³/mol. The molecule has 1 saturated heterocycles. The highest BCUT2D eigenvalue weighted by Crippen LogP contribution is 2.43. The summed E-state index contributed by atoms with van der Waals surface area (Å²) in [6.07, 6.45) is 7.21. The Kier molecular flexibility index (Phi) is 7.86. The van der Waals surface area contributed by atoms with Gasteiger partial charge in [-0.15, -0.1) is 0 Å². The van der Waals surface area contributed by atoms with Crippen LogP contribution in [0.15, 0.2) is 54.9 Å². The van der Waals surface area contributed by atoms with Crippen molar-refractivity contribution in [1.29, 1.82) is 0 Å². The van der Waals surface area contributed by atoms with Gasteiger partial charge in [0.15, 0.2) is 0 Å². The van der Waals surface area contributed by atoms with Gasteiger partial charge in [-0.25, -0.2) is 0 Å². The van der Waals surface area contributed by atoms with E-state index in [0.29, 0.717) is 13.2 Å². The maximum atomic E-state index is 5.57. The first-order valence-corrected chi connectivity index (χ1v) is 11.8. The summed E-state index contributed by atoms with van der Waals surface area (Å²) in [7, 11) is 3.49. The zero-order chi connectivity index (χ0) is 23.2. The lowest BCUT2D eigenvalue weighted by Crippen LogP contribution is -2.37. The van der Waals surface area contributed by atoms with Gasteiger partial charge in [-0.2, -0.15) is 0 Å². The van der Waals surface area contributed by atoms with E-state index in [9.17, 15) is 0 Å². The van der Waals surface area contributed by atoms with E-state index in [1.165, 1.54) is 39.2 Å². The van der Waals surface area contributed by atoms with Crippen molar-refractivity contribution in [1.82, 2.24) is 14.9 Å². The van der Waals surface area contributed by atoms with Crippen LogP contribution < -0.4 is 0 Å². The quantitative estimate of drug-likeness (QED) is 0.435. The van der Waals surface area contributed by atoms with Gasteiger partial charge < -0.3 is 9.47 Å².